The zero-order chi connectivity index (χ0) is 12.3. The predicted molar refractivity (Wildman–Crippen MR) is 78.5 cm³/mol. The lowest BCUT2D eigenvalue weighted by atomic mass is 9.95. The van der Waals surface area contributed by atoms with Gasteiger partial charge in [-0.15, -0.1) is 0 Å². The third-order valence-corrected chi connectivity index (χ3v) is 5.34. The van der Waals surface area contributed by atoms with Gasteiger partial charge in [0.15, 0.2) is 0 Å². The van der Waals surface area contributed by atoms with E-state index in [2.05, 4.69) is 27.5 Å². The molecular formula is C13H23IN2O. The number of carbonyl (C=O) groups is 1. The molecule has 0 aromatic rings. The summed E-state index contributed by atoms with van der Waals surface area (Å²) in [7, 11) is 0. The highest BCUT2D eigenvalue weighted by atomic mass is 127. The molecule has 2 rings (SSSR count). The minimum Gasteiger partial charge on any atom is -0.343 e. The van der Waals surface area contributed by atoms with E-state index in [4.69, 9.17) is 0 Å². The largest absolute Gasteiger partial charge is 0.343 e. The number of hydrogen-bond acceptors (Lipinski definition) is 2. The zero-order valence-electron chi connectivity index (χ0n) is 10.7. The highest BCUT2D eigenvalue weighted by Gasteiger charge is 2.24. The third-order valence-electron chi connectivity index (χ3n) is 4.09. The summed E-state index contributed by atoms with van der Waals surface area (Å²) < 4.78 is 0.892. The van der Waals surface area contributed by atoms with Crippen molar-refractivity contribution in [3.8, 4) is 0 Å². The number of rotatable bonds is 2. The van der Waals surface area contributed by atoms with Gasteiger partial charge >= 0.3 is 0 Å². The van der Waals surface area contributed by atoms with Crippen LogP contribution < -0.4 is 0 Å². The smallest absolute Gasteiger partial charge is 0.219 e. The first kappa shape index (κ1) is 13.6. The Balaban J connectivity index is 1.69. The Morgan fingerprint density at radius 3 is 2.24 bits per heavy atom. The van der Waals surface area contributed by atoms with Crippen molar-refractivity contribution in [2.45, 2.75) is 36.5 Å². The molecule has 4 heteroatoms. The first-order valence-electron chi connectivity index (χ1n) is 6.77. The molecular weight excluding hydrogens is 327 g/mol. The van der Waals surface area contributed by atoms with E-state index < -0.39 is 0 Å². The molecule has 2 heterocycles. The van der Waals surface area contributed by atoms with Crippen molar-refractivity contribution >= 4 is 28.5 Å². The number of carbonyl (C=O) groups excluding carboxylic acids is 1. The van der Waals surface area contributed by atoms with Crippen LogP contribution in [0.5, 0.6) is 0 Å². The number of piperidine rings is 2. The first-order valence-corrected chi connectivity index (χ1v) is 8.01. The van der Waals surface area contributed by atoms with Crippen LogP contribution in [-0.2, 0) is 4.79 Å². The van der Waals surface area contributed by atoms with E-state index in [0.29, 0.717) is 0 Å². The van der Waals surface area contributed by atoms with E-state index in [1.807, 2.05) is 4.90 Å². The summed E-state index contributed by atoms with van der Waals surface area (Å²) in [4.78, 5) is 15.9. The standard InChI is InChI=1S/C13H23IN2O/c1-11(17)16-8-2-12(3-9-16)10-15-6-4-13(14)5-7-15/h12-13H,2-10H2,1H3. The maximum atomic E-state index is 11.2. The number of hydrogen-bond donors (Lipinski definition) is 0. The van der Waals surface area contributed by atoms with E-state index in [-0.39, 0.29) is 5.91 Å². The predicted octanol–water partition coefficient (Wildman–Crippen LogP) is 2.14. The molecule has 0 N–H and O–H groups in total. The highest BCUT2D eigenvalue weighted by Crippen LogP contribution is 2.22. The van der Waals surface area contributed by atoms with Gasteiger partial charge in [-0.05, 0) is 44.7 Å². The summed E-state index contributed by atoms with van der Waals surface area (Å²) in [6.07, 6.45) is 5.10. The lowest BCUT2D eigenvalue weighted by Crippen LogP contribution is -2.42. The minimum atomic E-state index is 0.245. The summed E-state index contributed by atoms with van der Waals surface area (Å²) in [5.41, 5.74) is 0. The molecule has 2 fully saturated rings. The van der Waals surface area contributed by atoms with Crippen molar-refractivity contribution in [2.75, 3.05) is 32.7 Å². The van der Waals surface area contributed by atoms with Crippen LogP contribution in [0.2, 0.25) is 0 Å². The molecule has 0 spiro atoms. The van der Waals surface area contributed by atoms with E-state index >= 15 is 0 Å². The van der Waals surface area contributed by atoms with Crippen LogP contribution in [0.1, 0.15) is 32.6 Å². The van der Waals surface area contributed by atoms with E-state index in [0.717, 1.165) is 22.9 Å². The van der Waals surface area contributed by atoms with Crippen LogP contribution in [-0.4, -0.2) is 52.4 Å². The Bertz CT molecular complexity index is 256. The number of likely N-dealkylation sites (tertiary alicyclic amines) is 2. The van der Waals surface area contributed by atoms with Crippen LogP contribution in [0, 0.1) is 5.92 Å². The Morgan fingerprint density at radius 1 is 1.12 bits per heavy atom. The Kier molecular flexibility index (Phi) is 5.09. The molecule has 3 nitrogen and oxygen atoms in total. The average Bonchev–Trinajstić information content (AvgIpc) is 2.33. The van der Waals surface area contributed by atoms with Gasteiger partial charge in [0.1, 0.15) is 0 Å². The SMILES string of the molecule is CC(=O)N1CCC(CN2CCC(I)CC2)CC1. The van der Waals surface area contributed by atoms with Gasteiger partial charge in [-0.2, -0.15) is 0 Å². The lowest BCUT2D eigenvalue weighted by molar-refractivity contribution is -0.130. The fourth-order valence-corrected chi connectivity index (χ4v) is 3.44. The van der Waals surface area contributed by atoms with Gasteiger partial charge in [0.2, 0.25) is 5.91 Å². The molecule has 0 aliphatic carbocycles. The summed E-state index contributed by atoms with van der Waals surface area (Å²) in [5, 5.41) is 0. The molecule has 0 aromatic heterocycles. The maximum Gasteiger partial charge on any atom is 0.219 e. The highest BCUT2D eigenvalue weighted by molar-refractivity contribution is 14.1. The Morgan fingerprint density at radius 2 is 1.71 bits per heavy atom. The van der Waals surface area contributed by atoms with Crippen molar-refractivity contribution < 1.29 is 4.79 Å². The van der Waals surface area contributed by atoms with Crippen LogP contribution in [0.3, 0.4) is 0 Å². The molecule has 0 saturated carbocycles. The summed E-state index contributed by atoms with van der Waals surface area (Å²) in [6, 6.07) is 0. The fourth-order valence-electron chi connectivity index (χ4n) is 2.88. The Labute approximate surface area is 118 Å². The van der Waals surface area contributed by atoms with Crippen molar-refractivity contribution in [1.82, 2.24) is 9.80 Å². The number of halogens is 1. The summed E-state index contributed by atoms with van der Waals surface area (Å²) in [6.45, 7) is 7.45. The van der Waals surface area contributed by atoms with Gasteiger partial charge < -0.3 is 9.80 Å². The van der Waals surface area contributed by atoms with Crippen molar-refractivity contribution in [2.24, 2.45) is 5.92 Å². The first-order chi connectivity index (χ1) is 8.15. The Hall–Kier alpha value is 0.160. The molecule has 0 radical (unpaired) electrons. The van der Waals surface area contributed by atoms with Crippen molar-refractivity contribution in [3.63, 3.8) is 0 Å². The van der Waals surface area contributed by atoms with Gasteiger partial charge in [0, 0.05) is 30.5 Å². The molecule has 0 atom stereocenters. The number of nitrogens with zero attached hydrogens (tertiary/aromatic N) is 2. The second kappa shape index (κ2) is 6.36. The zero-order valence-corrected chi connectivity index (χ0v) is 12.9. The molecule has 0 unspecified atom stereocenters. The summed E-state index contributed by atoms with van der Waals surface area (Å²) in [5.74, 6) is 1.06. The molecule has 2 aliphatic rings. The topological polar surface area (TPSA) is 23.6 Å². The van der Waals surface area contributed by atoms with Gasteiger partial charge in [0.05, 0.1) is 0 Å². The van der Waals surface area contributed by atoms with Gasteiger partial charge in [-0.25, -0.2) is 0 Å². The molecule has 17 heavy (non-hydrogen) atoms. The third kappa shape index (κ3) is 4.09. The van der Waals surface area contributed by atoms with Gasteiger partial charge in [0.25, 0.3) is 0 Å². The molecule has 98 valence electrons. The minimum absolute atomic E-state index is 0.245. The van der Waals surface area contributed by atoms with Crippen molar-refractivity contribution in [1.29, 1.82) is 0 Å². The van der Waals surface area contributed by atoms with E-state index in [1.165, 1.54) is 45.3 Å². The van der Waals surface area contributed by atoms with Crippen LogP contribution in [0.4, 0.5) is 0 Å². The monoisotopic (exact) mass is 350 g/mol. The molecule has 0 aromatic carbocycles. The second-order valence-electron chi connectivity index (χ2n) is 5.42. The van der Waals surface area contributed by atoms with E-state index in [9.17, 15) is 4.79 Å². The maximum absolute atomic E-state index is 11.2. The van der Waals surface area contributed by atoms with Crippen LogP contribution in [0.15, 0.2) is 0 Å². The molecule has 2 saturated heterocycles. The van der Waals surface area contributed by atoms with Gasteiger partial charge in [-0.1, -0.05) is 22.6 Å². The molecule has 2 aliphatic heterocycles. The number of alkyl halides is 1. The van der Waals surface area contributed by atoms with Crippen LogP contribution >= 0.6 is 22.6 Å². The average molecular weight is 350 g/mol. The lowest BCUT2D eigenvalue weighted by Gasteiger charge is -2.36. The number of amides is 1. The van der Waals surface area contributed by atoms with Gasteiger partial charge in [-0.3, -0.25) is 4.79 Å². The molecule has 1 amide bonds. The van der Waals surface area contributed by atoms with E-state index in [1.54, 1.807) is 6.92 Å². The fraction of sp³-hybridized carbons (Fsp3) is 0.923. The van der Waals surface area contributed by atoms with Crippen molar-refractivity contribution in [3.05, 3.63) is 0 Å². The molecule has 0 bridgehead atoms. The normalized spacial score (nSPS) is 25.2. The van der Waals surface area contributed by atoms with Crippen LogP contribution in [0.25, 0.3) is 0 Å². The quantitative estimate of drug-likeness (QED) is 0.563. The summed E-state index contributed by atoms with van der Waals surface area (Å²) >= 11 is 2.58. The second-order valence-corrected chi connectivity index (χ2v) is 7.19.